The second-order valence-corrected chi connectivity index (χ2v) is 4.05. The normalized spacial score (nSPS) is 15.8. The van der Waals surface area contributed by atoms with E-state index < -0.39 is 17.7 Å². The van der Waals surface area contributed by atoms with Gasteiger partial charge in [-0.1, -0.05) is 12.1 Å². The molecule has 2 heterocycles. The minimum Gasteiger partial charge on any atom is -0.361 e. The molecular formula is C11H13N3O4. The molecule has 1 aromatic rings. The van der Waals surface area contributed by atoms with Crippen LogP contribution in [0.2, 0.25) is 0 Å². The van der Waals surface area contributed by atoms with Crippen molar-refractivity contribution in [3.05, 3.63) is 17.0 Å². The molecule has 7 heteroatoms. The SMILES string of the molecule is CCc1noc(C)c1C(=O)N1CC(=O)NC(=O)C1. The predicted molar refractivity (Wildman–Crippen MR) is 59.7 cm³/mol. The Kier molecular flexibility index (Phi) is 3.14. The highest BCUT2D eigenvalue weighted by molar-refractivity contribution is 6.06. The van der Waals surface area contributed by atoms with Gasteiger partial charge in [0.05, 0.1) is 5.69 Å². The van der Waals surface area contributed by atoms with E-state index in [1.54, 1.807) is 6.92 Å². The molecule has 0 radical (unpaired) electrons. The third kappa shape index (κ3) is 2.11. The van der Waals surface area contributed by atoms with Crippen LogP contribution >= 0.6 is 0 Å². The molecule has 0 spiro atoms. The van der Waals surface area contributed by atoms with E-state index in [-0.39, 0.29) is 13.1 Å². The van der Waals surface area contributed by atoms with E-state index in [0.29, 0.717) is 23.4 Å². The van der Waals surface area contributed by atoms with E-state index in [9.17, 15) is 14.4 Å². The molecule has 7 nitrogen and oxygen atoms in total. The molecular weight excluding hydrogens is 238 g/mol. The Balaban J connectivity index is 2.28. The molecule has 0 aromatic carbocycles. The average Bonchev–Trinajstić information content (AvgIpc) is 2.68. The van der Waals surface area contributed by atoms with Gasteiger partial charge in [0, 0.05) is 0 Å². The molecule has 0 bridgehead atoms. The lowest BCUT2D eigenvalue weighted by molar-refractivity contribution is -0.135. The van der Waals surface area contributed by atoms with E-state index in [1.165, 1.54) is 4.90 Å². The Morgan fingerprint density at radius 1 is 1.39 bits per heavy atom. The molecule has 18 heavy (non-hydrogen) atoms. The average molecular weight is 251 g/mol. The monoisotopic (exact) mass is 251 g/mol. The fourth-order valence-electron chi connectivity index (χ4n) is 1.87. The molecule has 2 rings (SSSR count). The summed E-state index contributed by atoms with van der Waals surface area (Å²) in [5.41, 5.74) is 0.885. The maximum absolute atomic E-state index is 12.2. The number of nitrogens with one attached hydrogen (secondary N) is 1. The molecule has 3 amide bonds. The van der Waals surface area contributed by atoms with Crippen molar-refractivity contribution < 1.29 is 18.9 Å². The first-order valence-corrected chi connectivity index (χ1v) is 5.60. The van der Waals surface area contributed by atoms with Gasteiger partial charge in [-0.3, -0.25) is 19.7 Å². The summed E-state index contributed by atoms with van der Waals surface area (Å²) < 4.78 is 4.97. The smallest absolute Gasteiger partial charge is 0.260 e. The Morgan fingerprint density at radius 2 is 2.00 bits per heavy atom. The first-order valence-electron chi connectivity index (χ1n) is 5.60. The largest absolute Gasteiger partial charge is 0.361 e. The third-order valence-electron chi connectivity index (χ3n) is 2.72. The highest BCUT2D eigenvalue weighted by Gasteiger charge is 2.30. The van der Waals surface area contributed by atoms with Crippen molar-refractivity contribution in [2.75, 3.05) is 13.1 Å². The number of aromatic nitrogens is 1. The van der Waals surface area contributed by atoms with Crippen molar-refractivity contribution >= 4 is 17.7 Å². The molecule has 1 aromatic heterocycles. The van der Waals surface area contributed by atoms with E-state index in [4.69, 9.17) is 4.52 Å². The Morgan fingerprint density at radius 3 is 2.56 bits per heavy atom. The highest BCUT2D eigenvalue weighted by atomic mass is 16.5. The van der Waals surface area contributed by atoms with E-state index in [2.05, 4.69) is 10.5 Å². The van der Waals surface area contributed by atoms with Crippen LogP contribution in [0.5, 0.6) is 0 Å². The number of amides is 3. The first kappa shape index (κ1) is 12.3. The van der Waals surface area contributed by atoms with Crippen molar-refractivity contribution in [3.63, 3.8) is 0 Å². The molecule has 1 aliphatic rings. The number of hydrogen-bond donors (Lipinski definition) is 1. The van der Waals surface area contributed by atoms with Gasteiger partial charge in [-0.15, -0.1) is 0 Å². The summed E-state index contributed by atoms with van der Waals surface area (Å²) in [6.07, 6.45) is 0.548. The van der Waals surface area contributed by atoms with Crippen LogP contribution < -0.4 is 5.32 Å². The van der Waals surface area contributed by atoms with Crippen LogP contribution in [0, 0.1) is 6.92 Å². The Bertz CT molecular complexity index is 504. The molecule has 0 atom stereocenters. The maximum atomic E-state index is 12.2. The standard InChI is InChI=1S/C11H13N3O4/c1-3-7-10(6(2)18-13-7)11(17)14-4-8(15)12-9(16)5-14/h3-5H2,1-2H3,(H,12,15,16). The van der Waals surface area contributed by atoms with Gasteiger partial charge < -0.3 is 9.42 Å². The summed E-state index contributed by atoms with van der Waals surface area (Å²) >= 11 is 0. The van der Waals surface area contributed by atoms with Crippen molar-refractivity contribution in [1.29, 1.82) is 0 Å². The van der Waals surface area contributed by atoms with Crippen LogP contribution in [0.1, 0.15) is 28.7 Å². The molecule has 1 aliphatic heterocycles. The third-order valence-corrected chi connectivity index (χ3v) is 2.72. The highest BCUT2D eigenvalue weighted by Crippen LogP contribution is 2.17. The van der Waals surface area contributed by atoms with Gasteiger partial charge in [-0.25, -0.2) is 0 Å². The van der Waals surface area contributed by atoms with Gasteiger partial charge in [-0.2, -0.15) is 0 Å². The first-order chi connectivity index (χ1) is 8.52. The van der Waals surface area contributed by atoms with Crippen molar-refractivity contribution in [3.8, 4) is 0 Å². The van der Waals surface area contributed by atoms with Crippen LogP contribution in [-0.4, -0.2) is 40.9 Å². The summed E-state index contributed by atoms with van der Waals surface area (Å²) in [7, 11) is 0. The summed E-state index contributed by atoms with van der Waals surface area (Å²) in [5, 5.41) is 5.92. The van der Waals surface area contributed by atoms with Gasteiger partial charge in [-0.05, 0) is 13.3 Å². The number of piperazine rings is 1. The van der Waals surface area contributed by atoms with Crippen molar-refractivity contribution in [2.24, 2.45) is 0 Å². The number of nitrogens with zero attached hydrogens (tertiary/aromatic N) is 2. The summed E-state index contributed by atoms with van der Waals surface area (Å²) in [5.74, 6) is -0.956. The molecule has 96 valence electrons. The minimum atomic E-state index is -0.480. The number of carbonyl (C=O) groups is 3. The zero-order chi connectivity index (χ0) is 13.3. The van der Waals surface area contributed by atoms with Crippen LogP contribution in [-0.2, 0) is 16.0 Å². The second-order valence-electron chi connectivity index (χ2n) is 4.05. The van der Waals surface area contributed by atoms with Crippen LogP contribution in [0.15, 0.2) is 4.52 Å². The lowest BCUT2D eigenvalue weighted by Crippen LogP contribution is -2.53. The maximum Gasteiger partial charge on any atom is 0.260 e. The van der Waals surface area contributed by atoms with Gasteiger partial charge in [0.15, 0.2) is 0 Å². The number of imide groups is 1. The van der Waals surface area contributed by atoms with E-state index in [1.807, 2.05) is 6.92 Å². The molecule has 1 saturated heterocycles. The molecule has 1 N–H and O–H groups in total. The van der Waals surface area contributed by atoms with Crippen molar-refractivity contribution in [2.45, 2.75) is 20.3 Å². The van der Waals surface area contributed by atoms with Gasteiger partial charge in [0.1, 0.15) is 24.4 Å². The zero-order valence-electron chi connectivity index (χ0n) is 10.1. The van der Waals surface area contributed by atoms with Crippen LogP contribution in [0.25, 0.3) is 0 Å². The van der Waals surface area contributed by atoms with Gasteiger partial charge in [0.25, 0.3) is 5.91 Å². The summed E-state index contributed by atoms with van der Waals surface area (Å²) in [6.45, 7) is 3.23. The topological polar surface area (TPSA) is 92.5 Å². The van der Waals surface area contributed by atoms with Gasteiger partial charge >= 0.3 is 0 Å². The van der Waals surface area contributed by atoms with Crippen LogP contribution in [0.3, 0.4) is 0 Å². The number of hydrogen-bond acceptors (Lipinski definition) is 5. The van der Waals surface area contributed by atoms with Crippen LogP contribution in [0.4, 0.5) is 0 Å². The molecule has 1 fully saturated rings. The Labute approximate surface area is 103 Å². The lowest BCUT2D eigenvalue weighted by atomic mass is 10.1. The quantitative estimate of drug-likeness (QED) is 0.725. The summed E-state index contributed by atoms with van der Waals surface area (Å²) in [4.78, 5) is 35.9. The second kappa shape index (κ2) is 4.59. The number of rotatable bonds is 2. The number of aryl methyl sites for hydroxylation is 2. The minimum absolute atomic E-state index is 0.127. The number of carbonyl (C=O) groups excluding carboxylic acids is 3. The van der Waals surface area contributed by atoms with Crippen molar-refractivity contribution in [1.82, 2.24) is 15.4 Å². The molecule has 0 aliphatic carbocycles. The zero-order valence-corrected chi connectivity index (χ0v) is 10.1. The fourth-order valence-corrected chi connectivity index (χ4v) is 1.87. The predicted octanol–water partition coefficient (Wildman–Crippen LogP) is -0.356. The van der Waals surface area contributed by atoms with Gasteiger partial charge in [0.2, 0.25) is 11.8 Å². The molecule has 0 unspecified atom stereocenters. The Hall–Kier alpha value is -2.18. The van der Waals surface area contributed by atoms with E-state index >= 15 is 0 Å². The van der Waals surface area contributed by atoms with E-state index in [0.717, 1.165) is 0 Å². The lowest BCUT2D eigenvalue weighted by Gasteiger charge is -2.25. The fraction of sp³-hybridized carbons (Fsp3) is 0.455. The summed E-state index contributed by atoms with van der Waals surface area (Å²) in [6, 6.07) is 0. The molecule has 0 saturated carbocycles.